The number of benzene rings is 1. The van der Waals surface area contributed by atoms with Crippen LogP contribution in [-0.2, 0) is 4.79 Å². The molecule has 1 aliphatic rings. The van der Waals surface area contributed by atoms with E-state index >= 15 is 0 Å². The Morgan fingerprint density at radius 1 is 1.47 bits per heavy atom. The van der Waals surface area contributed by atoms with Crippen molar-refractivity contribution < 1.29 is 13.6 Å². The highest BCUT2D eigenvalue weighted by molar-refractivity contribution is 5.96. The molecule has 0 radical (unpaired) electrons. The summed E-state index contributed by atoms with van der Waals surface area (Å²) in [5, 5.41) is 2.60. The Hall–Kier alpha value is -1.65. The number of anilines is 2. The van der Waals surface area contributed by atoms with Crippen LogP contribution in [0.4, 0.5) is 20.2 Å². The van der Waals surface area contributed by atoms with Crippen LogP contribution in [0.15, 0.2) is 12.1 Å². The maximum Gasteiger partial charge on any atom is 0.226 e. The van der Waals surface area contributed by atoms with Gasteiger partial charge in [-0.3, -0.25) is 4.79 Å². The van der Waals surface area contributed by atoms with E-state index in [1.165, 1.54) is 6.07 Å². The largest absolute Gasteiger partial charge is 0.364 e. The quantitative estimate of drug-likeness (QED) is 0.818. The minimum atomic E-state index is -0.904. The van der Waals surface area contributed by atoms with Gasteiger partial charge in [0.1, 0.15) is 5.69 Å². The van der Waals surface area contributed by atoms with Gasteiger partial charge < -0.3 is 10.2 Å². The summed E-state index contributed by atoms with van der Waals surface area (Å²) in [4.78, 5) is 13.3. The molecular formula is C12H14F2N2O. The second-order valence-corrected chi connectivity index (χ2v) is 4.14. The van der Waals surface area contributed by atoms with Crippen LogP contribution in [0.5, 0.6) is 0 Å². The molecule has 1 aromatic carbocycles. The van der Waals surface area contributed by atoms with E-state index in [-0.39, 0.29) is 24.1 Å². The molecule has 1 heterocycles. The van der Waals surface area contributed by atoms with Gasteiger partial charge in [0, 0.05) is 19.0 Å². The number of carbonyl (C=O) groups is 1. The van der Waals surface area contributed by atoms with Crippen LogP contribution in [-0.4, -0.2) is 18.5 Å². The Morgan fingerprint density at radius 2 is 2.18 bits per heavy atom. The van der Waals surface area contributed by atoms with Gasteiger partial charge in [-0.15, -0.1) is 0 Å². The normalized spacial score (nSPS) is 19.6. The molecule has 0 saturated heterocycles. The molecule has 3 nitrogen and oxygen atoms in total. The van der Waals surface area contributed by atoms with Crippen LogP contribution in [0, 0.1) is 11.6 Å². The van der Waals surface area contributed by atoms with Gasteiger partial charge in [-0.25, -0.2) is 8.78 Å². The highest BCUT2D eigenvalue weighted by atomic mass is 19.2. The fraction of sp³-hybridized carbons (Fsp3) is 0.417. The van der Waals surface area contributed by atoms with Crippen LogP contribution in [0.2, 0.25) is 0 Å². The number of nitrogens with one attached hydrogen (secondary N) is 1. The van der Waals surface area contributed by atoms with E-state index in [1.807, 2.05) is 13.8 Å². The molecule has 1 amide bonds. The van der Waals surface area contributed by atoms with Gasteiger partial charge in [0.15, 0.2) is 11.6 Å². The van der Waals surface area contributed by atoms with Gasteiger partial charge >= 0.3 is 0 Å². The lowest BCUT2D eigenvalue weighted by atomic mass is 10.1. The summed E-state index contributed by atoms with van der Waals surface area (Å²) in [6.07, 6.45) is 0.267. The Labute approximate surface area is 98.4 Å². The third-order valence-electron chi connectivity index (χ3n) is 2.98. The summed E-state index contributed by atoms with van der Waals surface area (Å²) in [6.45, 7) is 4.19. The van der Waals surface area contributed by atoms with E-state index in [0.717, 1.165) is 6.07 Å². The molecule has 0 spiro atoms. The summed E-state index contributed by atoms with van der Waals surface area (Å²) < 4.78 is 27.1. The molecule has 17 heavy (non-hydrogen) atoms. The minimum absolute atomic E-state index is 0.144. The van der Waals surface area contributed by atoms with E-state index in [9.17, 15) is 13.6 Å². The predicted octanol–water partition coefficient (Wildman–Crippen LogP) is 2.52. The second kappa shape index (κ2) is 4.31. The molecule has 0 aliphatic carbocycles. The standard InChI is InChI=1S/C12H14F2N2O/c1-3-16-7(2)6-10(17)15-9-5-4-8(13)11(14)12(9)16/h4-5,7H,3,6H2,1-2H3,(H,15,17). The molecule has 92 valence electrons. The van der Waals surface area contributed by atoms with Crippen molar-refractivity contribution in [3.05, 3.63) is 23.8 Å². The molecule has 0 saturated carbocycles. The monoisotopic (exact) mass is 240 g/mol. The third-order valence-corrected chi connectivity index (χ3v) is 2.98. The van der Waals surface area contributed by atoms with Crippen molar-refractivity contribution in [3.63, 3.8) is 0 Å². The molecule has 1 unspecified atom stereocenters. The summed E-state index contributed by atoms with van der Waals surface area (Å²) in [6, 6.07) is 2.27. The van der Waals surface area contributed by atoms with Gasteiger partial charge in [-0.1, -0.05) is 0 Å². The highest BCUT2D eigenvalue weighted by Gasteiger charge is 2.28. The third kappa shape index (κ3) is 1.97. The number of fused-ring (bicyclic) bond motifs is 1. The molecule has 2 rings (SSSR count). The molecular weight excluding hydrogens is 226 g/mol. The SMILES string of the molecule is CCN1c2c(ccc(F)c2F)NC(=O)CC1C. The van der Waals surface area contributed by atoms with Crippen molar-refractivity contribution in [1.82, 2.24) is 0 Å². The molecule has 1 aromatic rings. The zero-order valence-corrected chi connectivity index (χ0v) is 9.76. The van der Waals surface area contributed by atoms with E-state index in [2.05, 4.69) is 5.32 Å². The maximum absolute atomic E-state index is 13.8. The summed E-state index contributed by atoms with van der Waals surface area (Å²) >= 11 is 0. The van der Waals surface area contributed by atoms with E-state index in [0.29, 0.717) is 12.2 Å². The van der Waals surface area contributed by atoms with Crippen LogP contribution in [0.3, 0.4) is 0 Å². The van der Waals surface area contributed by atoms with Crippen LogP contribution in [0.1, 0.15) is 20.3 Å². The molecule has 5 heteroatoms. The summed E-state index contributed by atoms with van der Waals surface area (Å²) in [5.74, 6) is -1.98. The van der Waals surface area contributed by atoms with Crippen molar-refractivity contribution >= 4 is 17.3 Å². The zero-order valence-electron chi connectivity index (χ0n) is 9.76. The van der Waals surface area contributed by atoms with Gasteiger partial charge in [0.2, 0.25) is 5.91 Å². The lowest BCUT2D eigenvalue weighted by Crippen LogP contribution is -2.34. The maximum atomic E-state index is 13.8. The van der Waals surface area contributed by atoms with Crippen molar-refractivity contribution in [1.29, 1.82) is 0 Å². The fourth-order valence-electron chi connectivity index (χ4n) is 2.19. The van der Waals surface area contributed by atoms with Gasteiger partial charge in [0.05, 0.1) is 5.69 Å². The highest BCUT2D eigenvalue weighted by Crippen LogP contribution is 2.34. The van der Waals surface area contributed by atoms with Gasteiger partial charge in [0.25, 0.3) is 0 Å². The molecule has 1 atom stereocenters. The van der Waals surface area contributed by atoms with E-state index in [1.54, 1.807) is 4.90 Å². The van der Waals surface area contributed by atoms with Gasteiger partial charge in [-0.2, -0.15) is 0 Å². The summed E-state index contributed by atoms with van der Waals surface area (Å²) in [7, 11) is 0. The Kier molecular flexibility index (Phi) is 3.00. The minimum Gasteiger partial charge on any atom is -0.364 e. The molecule has 0 bridgehead atoms. The van der Waals surface area contributed by atoms with Crippen molar-refractivity contribution in [2.24, 2.45) is 0 Å². The number of hydrogen-bond donors (Lipinski definition) is 1. The lowest BCUT2D eigenvalue weighted by Gasteiger charge is -2.28. The topological polar surface area (TPSA) is 32.3 Å². The van der Waals surface area contributed by atoms with Crippen LogP contribution < -0.4 is 10.2 Å². The predicted molar refractivity (Wildman–Crippen MR) is 62.1 cm³/mol. The van der Waals surface area contributed by atoms with Gasteiger partial charge in [-0.05, 0) is 26.0 Å². The summed E-state index contributed by atoms with van der Waals surface area (Å²) in [5.41, 5.74) is 0.478. The Balaban J connectivity index is 2.61. The average molecular weight is 240 g/mol. The second-order valence-electron chi connectivity index (χ2n) is 4.14. The molecule has 1 N–H and O–H groups in total. The Bertz CT molecular complexity index is 462. The van der Waals surface area contributed by atoms with Crippen molar-refractivity contribution in [2.75, 3.05) is 16.8 Å². The first-order valence-electron chi connectivity index (χ1n) is 5.59. The van der Waals surface area contributed by atoms with Crippen LogP contribution >= 0.6 is 0 Å². The number of halogens is 2. The lowest BCUT2D eigenvalue weighted by molar-refractivity contribution is -0.116. The fourth-order valence-corrected chi connectivity index (χ4v) is 2.19. The molecule has 0 fully saturated rings. The number of nitrogens with zero attached hydrogens (tertiary/aromatic N) is 1. The zero-order chi connectivity index (χ0) is 12.6. The smallest absolute Gasteiger partial charge is 0.226 e. The average Bonchev–Trinajstić information content (AvgIpc) is 2.39. The van der Waals surface area contributed by atoms with Crippen LogP contribution in [0.25, 0.3) is 0 Å². The number of rotatable bonds is 1. The molecule has 1 aliphatic heterocycles. The van der Waals surface area contributed by atoms with Crippen molar-refractivity contribution in [2.45, 2.75) is 26.3 Å². The Morgan fingerprint density at radius 3 is 2.82 bits per heavy atom. The first-order valence-corrected chi connectivity index (χ1v) is 5.59. The number of hydrogen-bond acceptors (Lipinski definition) is 2. The first kappa shape index (κ1) is 11.8. The van der Waals surface area contributed by atoms with Crippen molar-refractivity contribution in [3.8, 4) is 0 Å². The number of amides is 1. The number of carbonyl (C=O) groups excluding carboxylic acids is 1. The van der Waals surface area contributed by atoms with E-state index < -0.39 is 11.6 Å². The molecule has 0 aromatic heterocycles. The van der Waals surface area contributed by atoms with E-state index in [4.69, 9.17) is 0 Å². The first-order chi connectivity index (χ1) is 8.04.